The summed E-state index contributed by atoms with van der Waals surface area (Å²) in [4.78, 5) is 0. The first-order valence-corrected chi connectivity index (χ1v) is 3.89. The van der Waals surface area contributed by atoms with E-state index in [2.05, 4.69) is 20.4 Å². The third kappa shape index (κ3) is 2.04. The van der Waals surface area contributed by atoms with Crippen molar-refractivity contribution >= 4 is 0 Å². The predicted octanol–water partition coefficient (Wildman–Crippen LogP) is 1.96. The van der Waals surface area contributed by atoms with E-state index in [1.54, 1.807) is 6.08 Å². The first-order valence-electron chi connectivity index (χ1n) is 3.89. The predicted molar refractivity (Wildman–Crippen MR) is 44.3 cm³/mol. The van der Waals surface area contributed by atoms with Crippen molar-refractivity contribution in [3.8, 4) is 0 Å². The lowest BCUT2D eigenvalue weighted by molar-refractivity contribution is -0.262. The summed E-state index contributed by atoms with van der Waals surface area (Å²) in [6.45, 7) is 11.2. The third-order valence-electron chi connectivity index (χ3n) is 1.87. The second-order valence-corrected chi connectivity index (χ2v) is 3.96. The van der Waals surface area contributed by atoms with Crippen LogP contribution in [0.5, 0.6) is 0 Å². The topological polar surface area (TPSA) is 18.5 Å². The Balaban J connectivity index is 2.54. The van der Waals surface area contributed by atoms with Gasteiger partial charge in [0.2, 0.25) is 0 Å². The van der Waals surface area contributed by atoms with E-state index in [0.29, 0.717) is 0 Å². The molecule has 64 valence electrons. The fourth-order valence-corrected chi connectivity index (χ4v) is 0.879. The zero-order valence-corrected chi connectivity index (χ0v) is 7.52. The van der Waals surface area contributed by atoms with Crippen LogP contribution in [0.4, 0.5) is 0 Å². The van der Waals surface area contributed by atoms with Gasteiger partial charge in [-0.3, -0.25) is 0 Å². The molecule has 1 aliphatic rings. The Bertz CT molecular complexity index is 151. The molecule has 1 rings (SSSR count). The second-order valence-electron chi connectivity index (χ2n) is 3.96. The highest BCUT2D eigenvalue weighted by Gasteiger charge is 2.34. The normalized spacial score (nSPS) is 27.9. The molecule has 11 heavy (non-hydrogen) atoms. The summed E-state index contributed by atoms with van der Waals surface area (Å²) in [5.74, 6) is -0.560. The van der Waals surface area contributed by atoms with Gasteiger partial charge in [0.05, 0.1) is 13.2 Å². The molecule has 0 aromatic heterocycles. The molecule has 0 saturated carbocycles. The van der Waals surface area contributed by atoms with Crippen molar-refractivity contribution in [3.05, 3.63) is 12.7 Å². The monoisotopic (exact) mass is 156 g/mol. The smallest absolute Gasteiger partial charge is 0.184 e. The molecule has 1 fully saturated rings. The first-order chi connectivity index (χ1) is 4.97. The SMILES string of the molecule is C=CC1(C)OCC(C)(C)CO1. The van der Waals surface area contributed by atoms with Crippen molar-refractivity contribution in [3.63, 3.8) is 0 Å². The lowest BCUT2D eigenvalue weighted by Crippen LogP contribution is -2.44. The molecule has 0 N–H and O–H groups in total. The molecule has 0 aromatic rings. The molecule has 0 atom stereocenters. The molecular formula is C9H16O2. The van der Waals surface area contributed by atoms with Crippen molar-refractivity contribution in [1.29, 1.82) is 0 Å². The Morgan fingerprint density at radius 3 is 2.00 bits per heavy atom. The van der Waals surface area contributed by atoms with E-state index in [4.69, 9.17) is 9.47 Å². The summed E-state index contributed by atoms with van der Waals surface area (Å²) in [6.07, 6.45) is 1.70. The van der Waals surface area contributed by atoms with E-state index >= 15 is 0 Å². The van der Waals surface area contributed by atoms with E-state index in [9.17, 15) is 0 Å². The van der Waals surface area contributed by atoms with Crippen LogP contribution < -0.4 is 0 Å². The van der Waals surface area contributed by atoms with Gasteiger partial charge in [-0.25, -0.2) is 0 Å². The molecule has 0 aromatic carbocycles. The Kier molecular flexibility index (Phi) is 2.08. The molecular weight excluding hydrogens is 140 g/mol. The van der Waals surface area contributed by atoms with Crippen molar-refractivity contribution < 1.29 is 9.47 Å². The number of hydrogen-bond acceptors (Lipinski definition) is 2. The fraction of sp³-hybridized carbons (Fsp3) is 0.778. The molecule has 0 unspecified atom stereocenters. The van der Waals surface area contributed by atoms with Crippen LogP contribution in [-0.4, -0.2) is 19.0 Å². The fourth-order valence-electron chi connectivity index (χ4n) is 0.879. The molecule has 1 heterocycles. The summed E-state index contributed by atoms with van der Waals surface area (Å²) < 4.78 is 11.0. The average Bonchev–Trinajstić information content (AvgIpc) is 1.97. The molecule has 1 aliphatic heterocycles. The Morgan fingerprint density at radius 1 is 1.18 bits per heavy atom. The molecule has 0 amide bonds. The summed E-state index contributed by atoms with van der Waals surface area (Å²) in [5.41, 5.74) is 0.141. The average molecular weight is 156 g/mol. The van der Waals surface area contributed by atoms with Gasteiger partial charge in [0.1, 0.15) is 0 Å². The van der Waals surface area contributed by atoms with Crippen molar-refractivity contribution in [2.24, 2.45) is 5.41 Å². The minimum atomic E-state index is -0.560. The highest BCUT2D eigenvalue weighted by molar-refractivity contribution is 4.89. The maximum absolute atomic E-state index is 5.49. The van der Waals surface area contributed by atoms with E-state index in [0.717, 1.165) is 13.2 Å². The lowest BCUT2D eigenvalue weighted by atomic mass is 9.95. The van der Waals surface area contributed by atoms with E-state index in [1.165, 1.54) is 0 Å². The van der Waals surface area contributed by atoms with Crippen LogP contribution in [0.3, 0.4) is 0 Å². The van der Waals surface area contributed by atoms with Gasteiger partial charge >= 0.3 is 0 Å². The highest BCUT2D eigenvalue weighted by Crippen LogP contribution is 2.29. The Hall–Kier alpha value is -0.340. The van der Waals surface area contributed by atoms with Crippen LogP contribution in [0.25, 0.3) is 0 Å². The largest absolute Gasteiger partial charge is 0.346 e. The summed E-state index contributed by atoms with van der Waals surface area (Å²) >= 11 is 0. The summed E-state index contributed by atoms with van der Waals surface area (Å²) in [6, 6.07) is 0. The number of rotatable bonds is 1. The van der Waals surface area contributed by atoms with E-state index in [1.807, 2.05) is 6.92 Å². The molecule has 0 spiro atoms. The van der Waals surface area contributed by atoms with E-state index < -0.39 is 5.79 Å². The van der Waals surface area contributed by atoms with Gasteiger partial charge in [0.25, 0.3) is 0 Å². The van der Waals surface area contributed by atoms with Crippen molar-refractivity contribution in [2.45, 2.75) is 26.6 Å². The summed E-state index contributed by atoms with van der Waals surface area (Å²) in [5, 5.41) is 0. The quantitative estimate of drug-likeness (QED) is 0.540. The van der Waals surface area contributed by atoms with Crippen molar-refractivity contribution in [2.75, 3.05) is 13.2 Å². The van der Waals surface area contributed by atoms with Gasteiger partial charge in [-0.05, 0) is 13.0 Å². The maximum Gasteiger partial charge on any atom is 0.184 e. The van der Waals surface area contributed by atoms with Crippen LogP contribution >= 0.6 is 0 Å². The van der Waals surface area contributed by atoms with E-state index in [-0.39, 0.29) is 5.41 Å². The Labute approximate surface area is 68.2 Å². The minimum Gasteiger partial charge on any atom is -0.346 e. The number of ether oxygens (including phenoxy) is 2. The number of hydrogen-bond donors (Lipinski definition) is 0. The zero-order chi connectivity index (χ0) is 8.54. The molecule has 0 bridgehead atoms. The molecule has 0 aliphatic carbocycles. The first kappa shape index (κ1) is 8.75. The molecule has 2 nitrogen and oxygen atoms in total. The van der Waals surface area contributed by atoms with Crippen molar-refractivity contribution in [1.82, 2.24) is 0 Å². The molecule has 0 radical (unpaired) electrons. The van der Waals surface area contributed by atoms with Gasteiger partial charge in [0, 0.05) is 5.41 Å². The van der Waals surface area contributed by atoms with Gasteiger partial charge in [-0.15, -0.1) is 0 Å². The Morgan fingerprint density at radius 2 is 1.64 bits per heavy atom. The second kappa shape index (κ2) is 2.61. The standard InChI is InChI=1S/C9H16O2/c1-5-9(4)10-6-8(2,3)7-11-9/h5H,1,6-7H2,2-4H3. The maximum atomic E-state index is 5.49. The van der Waals surface area contributed by atoms with Gasteiger partial charge in [0.15, 0.2) is 5.79 Å². The van der Waals surface area contributed by atoms with Gasteiger partial charge in [-0.1, -0.05) is 20.4 Å². The van der Waals surface area contributed by atoms with Crippen LogP contribution in [-0.2, 0) is 9.47 Å². The van der Waals surface area contributed by atoms with Crippen LogP contribution in [0.2, 0.25) is 0 Å². The third-order valence-corrected chi connectivity index (χ3v) is 1.87. The van der Waals surface area contributed by atoms with Crippen LogP contribution in [0.1, 0.15) is 20.8 Å². The van der Waals surface area contributed by atoms with Crippen LogP contribution in [0, 0.1) is 5.41 Å². The molecule has 2 heteroatoms. The minimum absolute atomic E-state index is 0.141. The zero-order valence-electron chi connectivity index (χ0n) is 7.52. The lowest BCUT2D eigenvalue weighted by Gasteiger charge is -2.39. The summed E-state index contributed by atoms with van der Waals surface area (Å²) in [7, 11) is 0. The highest BCUT2D eigenvalue weighted by atomic mass is 16.7. The van der Waals surface area contributed by atoms with Crippen LogP contribution in [0.15, 0.2) is 12.7 Å². The molecule has 1 saturated heterocycles. The van der Waals surface area contributed by atoms with Gasteiger partial charge in [-0.2, -0.15) is 0 Å². The van der Waals surface area contributed by atoms with Gasteiger partial charge < -0.3 is 9.47 Å².